The van der Waals surface area contributed by atoms with Crippen molar-refractivity contribution in [1.29, 1.82) is 0 Å². The second-order valence-corrected chi connectivity index (χ2v) is 4.46. The number of nitrogens with zero attached hydrogens (tertiary/aromatic N) is 1. The van der Waals surface area contributed by atoms with E-state index in [0.717, 1.165) is 18.5 Å². The molecule has 0 radical (unpaired) electrons. The van der Waals surface area contributed by atoms with Crippen molar-refractivity contribution in [3.63, 3.8) is 0 Å². The first kappa shape index (κ1) is 12.5. The molecule has 1 rings (SSSR count). The van der Waals surface area contributed by atoms with Gasteiger partial charge in [0.15, 0.2) is 5.06 Å². The zero-order valence-corrected chi connectivity index (χ0v) is 10.3. The molecule has 2 nitrogen and oxygen atoms in total. The zero-order valence-electron chi connectivity index (χ0n) is 9.53. The zero-order chi connectivity index (χ0) is 11.3. The van der Waals surface area contributed by atoms with Crippen LogP contribution in [0.2, 0.25) is 0 Å². The summed E-state index contributed by atoms with van der Waals surface area (Å²) in [6.07, 6.45) is 0.766. The predicted octanol–water partition coefficient (Wildman–Crippen LogP) is 2.68. The van der Waals surface area contributed by atoms with E-state index < -0.39 is 5.06 Å². The van der Waals surface area contributed by atoms with E-state index in [1.807, 2.05) is 44.4 Å². The number of benzene rings is 1. The van der Waals surface area contributed by atoms with Crippen LogP contribution in [0.4, 0.5) is 0 Å². The summed E-state index contributed by atoms with van der Waals surface area (Å²) in [6, 6.07) is 9.91. The lowest BCUT2D eigenvalue weighted by molar-refractivity contribution is 0.0480. The van der Waals surface area contributed by atoms with E-state index in [-0.39, 0.29) is 0 Å². The number of methoxy groups -OCH3 is 1. The van der Waals surface area contributed by atoms with Crippen LogP contribution in [0.1, 0.15) is 12.0 Å². The summed E-state index contributed by atoms with van der Waals surface area (Å²) in [5.74, 6) is 0. The Morgan fingerprint density at radius 2 is 1.87 bits per heavy atom. The Hall–Kier alpha value is -0.570. The number of hydrogen-bond acceptors (Lipinski definition) is 2. The van der Waals surface area contributed by atoms with Gasteiger partial charge in [-0.3, -0.25) is 0 Å². The van der Waals surface area contributed by atoms with Gasteiger partial charge in [-0.05, 0) is 19.7 Å². The van der Waals surface area contributed by atoms with Gasteiger partial charge in [0.1, 0.15) is 0 Å². The van der Waals surface area contributed by atoms with Crippen LogP contribution in [0.5, 0.6) is 0 Å². The molecule has 1 atom stereocenters. The van der Waals surface area contributed by atoms with Crippen LogP contribution in [0.15, 0.2) is 30.3 Å². The second-order valence-electron chi connectivity index (χ2n) is 3.85. The van der Waals surface area contributed by atoms with Gasteiger partial charge < -0.3 is 9.64 Å². The first-order chi connectivity index (χ1) is 7.08. The Kier molecular flexibility index (Phi) is 4.58. The van der Waals surface area contributed by atoms with E-state index in [9.17, 15) is 0 Å². The van der Waals surface area contributed by atoms with Crippen molar-refractivity contribution < 1.29 is 4.74 Å². The molecule has 0 aliphatic heterocycles. The van der Waals surface area contributed by atoms with Crippen molar-refractivity contribution in [2.45, 2.75) is 11.5 Å². The largest absolute Gasteiger partial charge is 0.359 e. The van der Waals surface area contributed by atoms with Crippen LogP contribution in [0.25, 0.3) is 0 Å². The molecule has 0 aliphatic carbocycles. The van der Waals surface area contributed by atoms with Gasteiger partial charge in [-0.2, -0.15) is 0 Å². The highest BCUT2D eigenvalue weighted by Gasteiger charge is 2.28. The average molecular weight is 228 g/mol. The fourth-order valence-electron chi connectivity index (χ4n) is 1.42. The maximum Gasteiger partial charge on any atom is 0.168 e. The van der Waals surface area contributed by atoms with E-state index in [4.69, 9.17) is 16.3 Å². The van der Waals surface area contributed by atoms with Crippen LogP contribution in [0.3, 0.4) is 0 Å². The topological polar surface area (TPSA) is 12.5 Å². The summed E-state index contributed by atoms with van der Waals surface area (Å²) in [7, 11) is 5.70. The average Bonchev–Trinajstić information content (AvgIpc) is 2.27. The minimum Gasteiger partial charge on any atom is -0.359 e. The number of rotatable bonds is 5. The first-order valence-electron chi connectivity index (χ1n) is 5.03. The molecule has 3 heteroatoms. The van der Waals surface area contributed by atoms with Gasteiger partial charge in [0, 0.05) is 20.1 Å². The van der Waals surface area contributed by atoms with E-state index in [2.05, 4.69) is 4.90 Å². The molecule has 0 saturated heterocycles. The predicted molar refractivity (Wildman–Crippen MR) is 64.2 cm³/mol. The highest BCUT2D eigenvalue weighted by Crippen LogP contribution is 2.33. The maximum atomic E-state index is 6.44. The molecule has 0 spiro atoms. The second kappa shape index (κ2) is 5.50. The molecule has 1 aromatic carbocycles. The maximum absolute atomic E-state index is 6.44. The molecular formula is C12H18ClNO. The third kappa shape index (κ3) is 3.49. The van der Waals surface area contributed by atoms with Crippen LogP contribution in [-0.4, -0.2) is 32.6 Å². The highest BCUT2D eigenvalue weighted by molar-refractivity contribution is 6.23. The highest BCUT2D eigenvalue weighted by atomic mass is 35.5. The third-order valence-electron chi connectivity index (χ3n) is 2.41. The lowest BCUT2D eigenvalue weighted by atomic mass is 10.1. The van der Waals surface area contributed by atoms with Crippen molar-refractivity contribution >= 4 is 11.6 Å². The SMILES string of the molecule is COC(Cl)(CCN(C)C)c1ccccc1. The van der Waals surface area contributed by atoms with Gasteiger partial charge in [-0.25, -0.2) is 0 Å². The van der Waals surface area contributed by atoms with E-state index >= 15 is 0 Å². The van der Waals surface area contributed by atoms with E-state index in [1.165, 1.54) is 0 Å². The molecule has 0 bridgehead atoms. The molecule has 15 heavy (non-hydrogen) atoms. The van der Waals surface area contributed by atoms with Crippen LogP contribution < -0.4 is 0 Å². The quantitative estimate of drug-likeness (QED) is 0.718. The monoisotopic (exact) mass is 227 g/mol. The molecule has 84 valence electrons. The number of halogens is 1. The summed E-state index contributed by atoms with van der Waals surface area (Å²) >= 11 is 6.44. The first-order valence-corrected chi connectivity index (χ1v) is 5.40. The summed E-state index contributed by atoms with van der Waals surface area (Å²) < 4.78 is 5.41. The third-order valence-corrected chi connectivity index (χ3v) is 2.97. The molecule has 0 amide bonds. The molecule has 0 saturated carbocycles. The molecule has 1 unspecified atom stereocenters. The standard InChI is InChI=1S/C12H18ClNO/c1-14(2)10-9-12(13,15-3)11-7-5-4-6-8-11/h4-8H,9-10H2,1-3H3. The molecule has 1 aromatic rings. The van der Waals surface area contributed by atoms with Gasteiger partial charge in [-0.1, -0.05) is 41.9 Å². The van der Waals surface area contributed by atoms with Crippen molar-refractivity contribution in [2.75, 3.05) is 27.7 Å². The van der Waals surface area contributed by atoms with Crippen LogP contribution >= 0.6 is 11.6 Å². The van der Waals surface area contributed by atoms with Gasteiger partial charge in [-0.15, -0.1) is 0 Å². The Morgan fingerprint density at radius 3 is 2.33 bits per heavy atom. The summed E-state index contributed by atoms with van der Waals surface area (Å²) in [5.41, 5.74) is 1.01. The summed E-state index contributed by atoms with van der Waals surface area (Å²) in [6.45, 7) is 0.895. The van der Waals surface area contributed by atoms with Crippen molar-refractivity contribution in [1.82, 2.24) is 4.90 Å². The smallest absolute Gasteiger partial charge is 0.168 e. The van der Waals surface area contributed by atoms with Gasteiger partial charge in [0.2, 0.25) is 0 Å². The fraction of sp³-hybridized carbons (Fsp3) is 0.500. The Morgan fingerprint density at radius 1 is 1.27 bits per heavy atom. The number of hydrogen-bond donors (Lipinski definition) is 0. The van der Waals surface area contributed by atoms with Gasteiger partial charge >= 0.3 is 0 Å². The van der Waals surface area contributed by atoms with Crippen LogP contribution in [0, 0.1) is 0 Å². The molecule has 0 heterocycles. The summed E-state index contributed by atoms with van der Waals surface area (Å²) in [5, 5.41) is -0.703. The Bertz CT molecular complexity index is 289. The molecule has 0 aliphatic rings. The Labute approximate surface area is 96.8 Å². The molecule has 0 fully saturated rings. The van der Waals surface area contributed by atoms with Crippen LogP contribution in [-0.2, 0) is 9.80 Å². The van der Waals surface area contributed by atoms with E-state index in [1.54, 1.807) is 7.11 Å². The van der Waals surface area contributed by atoms with Crippen molar-refractivity contribution in [3.8, 4) is 0 Å². The minimum absolute atomic E-state index is 0.703. The van der Waals surface area contributed by atoms with Gasteiger partial charge in [0.25, 0.3) is 0 Å². The number of ether oxygens (including phenoxy) is 1. The van der Waals surface area contributed by atoms with E-state index in [0.29, 0.717) is 0 Å². The molecular weight excluding hydrogens is 210 g/mol. The Balaban J connectivity index is 2.76. The molecule has 0 N–H and O–H groups in total. The lowest BCUT2D eigenvalue weighted by Crippen LogP contribution is -2.27. The van der Waals surface area contributed by atoms with Gasteiger partial charge in [0.05, 0.1) is 0 Å². The number of alkyl halides is 1. The fourth-order valence-corrected chi connectivity index (χ4v) is 1.63. The minimum atomic E-state index is -0.703. The van der Waals surface area contributed by atoms with Crippen molar-refractivity contribution in [3.05, 3.63) is 35.9 Å². The lowest BCUT2D eigenvalue weighted by Gasteiger charge is -2.27. The van der Waals surface area contributed by atoms with Crippen molar-refractivity contribution in [2.24, 2.45) is 0 Å². The summed E-state index contributed by atoms with van der Waals surface area (Å²) in [4.78, 5) is 2.10. The normalized spacial score (nSPS) is 15.3. The molecule has 0 aromatic heterocycles.